The summed E-state index contributed by atoms with van der Waals surface area (Å²) in [5, 5.41) is 8.36. The summed E-state index contributed by atoms with van der Waals surface area (Å²) in [6, 6.07) is 1.27. The van der Waals surface area contributed by atoms with Gasteiger partial charge in [-0.3, -0.25) is 0 Å². The second-order valence-corrected chi connectivity index (χ2v) is 1.78. The first-order valence-electron chi connectivity index (χ1n) is 2.74. The molecule has 0 aliphatic heterocycles. The van der Waals surface area contributed by atoms with Crippen LogP contribution in [0.4, 0.5) is 0 Å². The van der Waals surface area contributed by atoms with Crippen molar-refractivity contribution >= 4 is 0 Å². The summed E-state index contributed by atoms with van der Waals surface area (Å²) in [6.07, 6.45) is 4.45. The summed E-state index contributed by atoms with van der Waals surface area (Å²) in [4.78, 5) is 7.42. The van der Waals surface area contributed by atoms with Gasteiger partial charge in [-0.1, -0.05) is 0 Å². The molecule has 0 unspecified atom stereocenters. The van der Waals surface area contributed by atoms with Crippen LogP contribution in [0.3, 0.4) is 0 Å². The molecule has 0 aliphatic rings. The van der Waals surface area contributed by atoms with Gasteiger partial charge in [0, 0.05) is 18.0 Å². The molecule has 1 aromatic heterocycles. The molecule has 50 valence electrons. The third-order valence-corrected chi connectivity index (χ3v) is 1.08. The minimum absolute atomic E-state index is 0.610. The van der Waals surface area contributed by atoms with Gasteiger partial charge >= 0.3 is 0 Å². The highest BCUT2D eigenvalue weighted by Gasteiger charge is 2.01. The fourth-order valence-corrected chi connectivity index (χ4v) is 0.546. The Kier molecular flexibility index (Phi) is 1.92. The van der Waals surface area contributed by atoms with Gasteiger partial charge in [-0.15, -0.1) is 0 Å². The molecule has 4 heteroatoms. The minimum Gasteiger partial charge on any atom is -0.312 e. The van der Waals surface area contributed by atoms with Crippen molar-refractivity contribution in [1.82, 2.24) is 9.97 Å². The predicted molar refractivity (Wildman–Crippen MR) is 34.6 cm³/mol. The first-order chi connectivity index (χ1) is 4.84. The van der Waals surface area contributed by atoms with Crippen LogP contribution in [0, 0.1) is 11.3 Å². The van der Waals surface area contributed by atoms with Gasteiger partial charge < -0.3 is 5.73 Å². The van der Waals surface area contributed by atoms with Crippen LogP contribution >= 0.6 is 0 Å². The number of nitriles is 1. The van der Waals surface area contributed by atoms with Gasteiger partial charge in [-0.05, 0) is 0 Å². The second kappa shape index (κ2) is 2.90. The Bertz CT molecular complexity index is 238. The number of aromatic nitrogens is 2. The van der Waals surface area contributed by atoms with Crippen LogP contribution in [0.2, 0.25) is 0 Å². The largest absolute Gasteiger partial charge is 0.312 e. The van der Waals surface area contributed by atoms with E-state index in [1.807, 2.05) is 6.07 Å². The summed E-state index contributed by atoms with van der Waals surface area (Å²) in [5.74, 6) is 0. The maximum Gasteiger partial charge on any atom is 0.121 e. The normalized spacial score (nSPS) is 12.0. The van der Waals surface area contributed by atoms with Crippen molar-refractivity contribution in [3.05, 3.63) is 24.3 Å². The predicted octanol–water partition coefficient (Wildman–Crippen LogP) is -0.0000200. The topological polar surface area (TPSA) is 75.6 Å². The van der Waals surface area contributed by atoms with Crippen molar-refractivity contribution in [3.63, 3.8) is 0 Å². The zero-order chi connectivity index (χ0) is 7.40. The summed E-state index contributed by atoms with van der Waals surface area (Å²) >= 11 is 0. The molecule has 0 fully saturated rings. The van der Waals surface area contributed by atoms with E-state index in [2.05, 4.69) is 9.97 Å². The summed E-state index contributed by atoms with van der Waals surface area (Å²) in [6.45, 7) is 0. The Morgan fingerprint density at radius 3 is 2.60 bits per heavy atom. The Morgan fingerprint density at radius 1 is 1.50 bits per heavy atom. The minimum atomic E-state index is -0.610. The molecule has 0 amide bonds. The number of hydrogen-bond donors (Lipinski definition) is 1. The lowest BCUT2D eigenvalue weighted by molar-refractivity contribution is 0.898. The van der Waals surface area contributed by atoms with Gasteiger partial charge in [-0.25, -0.2) is 9.97 Å². The molecule has 0 radical (unpaired) electrons. The van der Waals surface area contributed by atoms with Crippen LogP contribution in [0.5, 0.6) is 0 Å². The van der Waals surface area contributed by atoms with E-state index < -0.39 is 6.04 Å². The third kappa shape index (κ3) is 1.27. The highest BCUT2D eigenvalue weighted by Crippen LogP contribution is 2.03. The highest BCUT2D eigenvalue weighted by molar-refractivity contribution is 5.15. The first-order valence-corrected chi connectivity index (χ1v) is 2.74. The Hall–Kier alpha value is -1.47. The average Bonchev–Trinajstić information content (AvgIpc) is 2.05. The molecule has 0 spiro atoms. The summed E-state index contributed by atoms with van der Waals surface area (Å²) < 4.78 is 0. The van der Waals surface area contributed by atoms with Crippen molar-refractivity contribution in [2.24, 2.45) is 5.73 Å². The second-order valence-electron chi connectivity index (χ2n) is 1.78. The highest BCUT2D eigenvalue weighted by atomic mass is 14.8. The molecule has 1 atom stereocenters. The van der Waals surface area contributed by atoms with E-state index in [0.29, 0.717) is 5.56 Å². The van der Waals surface area contributed by atoms with E-state index in [4.69, 9.17) is 11.0 Å². The molecule has 1 aromatic rings. The van der Waals surface area contributed by atoms with Crippen LogP contribution in [0.1, 0.15) is 11.6 Å². The van der Waals surface area contributed by atoms with Crippen molar-refractivity contribution in [1.29, 1.82) is 5.26 Å². The van der Waals surface area contributed by atoms with Gasteiger partial charge in [0.1, 0.15) is 12.4 Å². The molecule has 4 nitrogen and oxygen atoms in total. The van der Waals surface area contributed by atoms with E-state index >= 15 is 0 Å². The van der Waals surface area contributed by atoms with E-state index in [1.54, 1.807) is 0 Å². The molecule has 2 N–H and O–H groups in total. The number of nitrogens with two attached hydrogens (primary N) is 1. The molecule has 0 bridgehead atoms. The van der Waals surface area contributed by atoms with Crippen LogP contribution in [0.25, 0.3) is 0 Å². The van der Waals surface area contributed by atoms with E-state index in [-0.39, 0.29) is 0 Å². The Morgan fingerprint density at radius 2 is 2.10 bits per heavy atom. The van der Waals surface area contributed by atoms with Gasteiger partial charge in [0.25, 0.3) is 0 Å². The van der Waals surface area contributed by atoms with Crippen molar-refractivity contribution in [3.8, 4) is 6.07 Å². The molecule has 0 saturated carbocycles. The SMILES string of the molecule is N#C[C@@H](N)c1cncnc1. The molecule has 1 heterocycles. The van der Waals surface area contributed by atoms with Gasteiger partial charge in [0.15, 0.2) is 0 Å². The Balaban J connectivity index is 2.88. The van der Waals surface area contributed by atoms with Crippen LogP contribution in [-0.4, -0.2) is 9.97 Å². The fourth-order valence-electron chi connectivity index (χ4n) is 0.546. The standard InChI is InChI=1S/C6H6N4/c7-1-6(8)5-2-9-4-10-3-5/h2-4,6H,8H2/t6-/m1/s1. The average molecular weight is 134 g/mol. The van der Waals surface area contributed by atoms with Crippen LogP contribution < -0.4 is 5.73 Å². The molecule has 0 aliphatic carbocycles. The van der Waals surface area contributed by atoms with E-state index in [1.165, 1.54) is 18.7 Å². The first kappa shape index (κ1) is 6.65. The van der Waals surface area contributed by atoms with Gasteiger partial charge in [0.2, 0.25) is 0 Å². The zero-order valence-electron chi connectivity index (χ0n) is 5.23. The number of hydrogen-bond acceptors (Lipinski definition) is 4. The monoisotopic (exact) mass is 134 g/mol. The maximum atomic E-state index is 8.36. The quantitative estimate of drug-likeness (QED) is 0.586. The van der Waals surface area contributed by atoms with E-state index in [0.717, 1.165) is 0 Å². The van der Waals surface area contributed by atoms with Crippen molar-refractivity contribution in [2.75, 3.05) is 0 Å². The van der Waals surface area contributed by atoms with Crippen molar-refractivity contribution in [2.45, 2.75) is 6.04 Å². The van der Waals surface area contributed by atoms with Crippen LogP contribution in [0.15, 0.2) is 18.7 Å². The van der Waals surface area contributed by atoms with Gasteiger partial charge in [-0.2, -0.15) is 5.26 Å². The molecule has 1 rings (SSSR count). The maximum absolute atomic E-state index is 8.36. The van der Waals surface area contributed by atoms with Crippen molar-refractivity contribution < 1.29 is 0 Å². The Labute approximate surface area is 58.3 Å². The van der Waals surface area contributed by atoms with E-state index in [9.17, 15) is 0 Å². The lowest BCUT2D eigenvalue weighted by Gasteiger charge is -1.97. The van der Waals surface area contributed by atoms with Gasteiger partial charge in [0.05, 0.1) is 6.07 Å². The zero-order valence-corrected chi connectivity index (χ0v) is 5.23. The lowest BCUT2D eigenvalue weighted by atomic mass is 10.2. The lowest BCUT2D eigenvalue weighted by Crippen LogP contribution is -2.07. The number of rotatable bonds is 1. The molecule has 0 aromatic carbocycles. The molecular formula is C6H6N4. The van der Waals surface area contributed by atoms with Crippen LogP contribution in [-0.2, 0) is 0 Å². The smallest absolute Gasteiger partial charge is 0.121 e. The third-order valence-electron chi connectivity index (χ3n) is 1.08. The molecule has 0 saturated heterocycles. The summed E-state index contributed by atoms with van der Waals surface area (Å²) in [7, 11) is 0. The molecular weight excluding hydrogens is 128 g/mol. The molecule has 10 heavy (non-hydrogen) atoms. The number of nitrogens with zero attached hydrogens (tertiary/aromatic N) is 3. The summed E-state index contributed by atoms with van der Waals surface area (Å²) in [5.41, 5.74) is 6.00. The fraction of sp³-hybridized carbons (Fsp3) is 0.167.